The van der Waals surface area contributed by atoms with E-state index in [2.05, 4.69) is 146 Å². The first kappa shape index (κ1) is 25.2. The summed E-state index contributed by atoms with van der Waals surface area (Å²) < 4.78 is 0. The minimum atomic E-state index is 0.887. The van der Waals surface area contributed by atoms with E-state index in [9.17, 15) is 0 Å². The van der Waals surface area contributed by atoms with Gasteiger partial charge in [-0.2, -0.15) is 0 Å². The van der Waals surface area contributed by atoms with E-state index in [1.807, 2.05) is 12.1 Å². The standard InChI is InChI=1S/C44H26N2/c1-3-12-27(13-4-1)42-43(28-14-5-2-6-15-28)46-44-39-25-30(26-40(44)45-42)32-20-11-21-37-35-19-10-9-18-34(35)36-23-22-29(24-38(36)41(32)37)31-16-7-8-17-33(31)39/h1-26H. The van der Waals surface area contributed by atoms with Crippen molar-refractivity contribution >= 4 is 75.7 Å². The lowest BCUT2D eigenvalue weighted by molar-refractivity contribution is 1.30. The summed E-state index contributed by atoms with van der Waals surface area (Å²) in [5.41, 5.74) is 5.67. The third kappa shape index (κ3) is 3.65. The highest BCUT2D eigenvalue weighted by Crippen LogP contribution is 2.42. The van der Waals surface area contributed by atoms with Crippen LogP contribution in [0.15, 0.2) is 158 Å². The van der Waals surface area contributed by atoms with Gasteiger partial charge in [0.2, 0.25) is 0 Å². The van der Waals surface area contributed by atoms with Gasteiger partial charge in [0.15, 0.2) is 0 Å². The van der Waals surface area contributed by atoms with Gasteiger partial charge in [-0.05, 0) is 77.4 Å². The van der Waals surface area contributed by atoms with Crippen LogP contribution in [-0.4, -0.2) is 9.97 Å². The Morgan fingerprint density at radius 1 is 0.304 bits per heavy atom. The van der Waals surface area contributed by atoms with Crippen molar-refractivity contribution in [2.24, 2.45) is 0 Å². The number of hydrogen-bond donors (Lipinski definition) is 0. The summed E-state index contributed by atoms with van der Waals surface area (Å²) >= 11 is 0. The van der Waals surface area contributed by atoms with Crippen LogP contribution in [0.3, 0.4) is 0 Å². The van der Waals surface area contributed by atoms with Gasteiger partial charge in [0.1, 0.15) is 0 Å². The van der Waals surface area contributed by atoms with E-state index in [0.29, 0.717) is 0 Å². The highest BCUT2D eigenvalue weighted by molar-refractivity contribution is 6.33. The van der Waals surface area contributed by atoms with Crippen LogP contribution in [-0.2, 0) is 0 Å². The van der Waals surface area contributed by atoms with E-state index in [1.165, 1.54) is 48.5 Å². The molecule has 0 atom stereocenters. The summed E-state index contributed by atoms with van der Waals surface area (Å²) in [4.78, 5) is 10.9. The van der Waals surface area contributed by atoms with Crippen molar-refractivity contribution in [1.82, 2.24) is 9.97 Å². The smallest absolute Gasteiger partial charge is 0.0973 e. The van der Waals surface area contributed by atoms with E-state index >= 15 is 0 Å². The van der Waals surface area contributed by atoms with Crippen molar-refractivity contribution in [2.75, 3.05) is 0 Å². The molecule has 0 amide bonds. The van der Waals surface area contributed by atoms with E-state index in [0.717, 1.165) is 49.7 Å². The normalized spacial score (nSPS) is 11.9. The average Bonchev–Trinajstić information content (AvgIpc) is 3.14. The highest BCUT2D eigenvalue weighted by atomic mass is 14.8. The van der Waals surface area contributed by atoms with Crippen LogP contribution < -0.4 is 0 Å². The topological polar surface area (TPSA) is 25.8 Å². The second kappa shape index (κ2) is 9.69. The van der Waals surface area contributed by atoms with Crippen LogP contribution in [0.2, 0.25) is 0 Å². The number of fused-ring (bicyclic) bond motifs is 12. The number of hydrogen-bond acceptors (Lipinski definition) is 2. The van der Waals surface area contributed by atoms with E-state index in [1.54, 1.807) is 0 Å². The maximum atomic E-state index is 5.49. The van der Waals surface area contributed by atoms with Gasteiger partial charge in [-0.3, -0.25) is 0 Å². The minimum Gasteiger partial charge on any atom is -0.244 e. The third-order valence-corrected chi connectivity index (χ3v) is 9.56. The van der Waals surface area contributed by atoms with Crippen molar-refractivity contribution in [3.63, 3.8) is 0 Å². The number of benzene rings is 8. The lowest BCUT2D eigenvalue weighted by atomic mass is 9.89. The van der Waals surface area contributed by atoms with Crippen molar-refractivity contribution in [3.8, 4) is 22.5 Å². The minimum absolute atomic E-state index is 0.887. The van der Waals surface area contributed by atoms with Crippen LogP contribution in [0.5, 0.6) is 0 Å². The second-order valence-corrected chi connectivity index (χ2v) is 12.1. The summed E-state index contributed by atoms with van der Waals surface area (Å²) in [5, 5.41) is 14.7. The number of nitrogens with zero attached hydrogens (tertiary/aromatic N) is 2. The van der Waals surface area contributed by atoms with Gasteiger partial charge < -0.3 is 0 Å². The lowest BCUT2D eigenvalue weighted by Crippen LogP contribution is -1.96. The lowest BCUT2D eigenvalue weighted by Gasteiger charge is -2.15. The fraction of sp³-hybridized carbons (Fsp3) is 0. The first-order valence-electron chi connectivity index (χ1n) is 15.8. The Hall–Kier alpha value is -6.12. The van der Waals surface area contributed by atoms with Gasteiger partial charge in [-0.1, -0.05) is 140 Å². The van der Waals surface area contributed by atoms with E-state index < -0.39 is 0 Å². The number of rotatable bonds is 2. The maximum Gasteiger partial charge on any atom is 0.0973 e. The monoisotopic (exact) mass is 582 g/mol. The molecule has 2 nitrogen and oxygen atoms in total. The fourth-order valence-electron chi connectivity index (χ4n) is 7.50. The Kier molecular flexibility index (Phi) is 5.31. The molecule has 46 heavy (non-hydrogen) atoms. The summed E-state index contributed by atoms with van der Waals surface area (Å²) in [6.45, 7) is 0. The summed E-state index contributed by atoms with van der Waals surface area (Å²) in [6, 6.07) is 56.7. The molecule has 0 N–H and O–H groups in total. The predicted octanol–water partition coefficient (Wildman–Crippen LogP) is 11.9. The zero-order valence-electron chi connectivity index (χ0n) is 24.9. The Balaban J connectivity index is 1.49. The largest absolute Gasteiger partial charge is 0.244 e. The molecule has 0 aliphatic rings. The van der Waals surface area contributed by atoms with Crippen molar-refractivity contribution in [2.45, 2.75) is 0 Å². The van der Waals surface area contributed by atoms with Gasteiger partial charge in [-0.15, -0.1) is 0 Å². The molecule has 4 bridgehead atoms. The molecule has 9 aromatic carbocycles. The van der Waals surface area contributed by atoms with Crippen LogP contribution >= 0.6 is 0 Å². The fourth-order valence-corrected chi connectivity index (χ4v) is 7.50. The molecule has 1 heterocycles. The predicted molar refractivity (Wildman–Crippen MR) is 195 cm³/mol. The molecule has 1 aromatic heterocycles. The van der Waals surface area contributed by atoms with E-state index in [-0.39, 0.29) is 0 Å². The number of aromatic nitrogens is 2. The molecule has 0 saturated heterocycles. The Bertz CT molecular complexity index is 2840. The molecular formula is C44H26N2. The van der Waals surface area contributed by atoms with Gasteiger partial charge in [0.25, 0.3) is 0 Å². The Morgan fingerprint density at radius 3 is 1.54 bits per heavy atom. The molecule has 0 radical (unpaired) electrons. The summed E-state index contributed by atoms with van der Waals surface area (Å²) in [6.07, 6.45) is 0. The molecule has 0 aliphatic carbocycles. The summed E-state index contributed by atoms with van der Waals surface area (Å²) in [5.74, 6) is 0. The van der Waals surface area contributed by atoms with Crippen LogP contribution in [0, 0.1) is 0 Å². The molecule has 0 aliphatic heterocycles. The molecule has 0 spiro atoms. The van der Waals surface area contributed by atoms with Crippen LogP contribution in [0.1, 0.15) is 0 Å². The van der Waals surface area contributed by atoms with E-state index in [4.69, 9.17) is 9.97 Å². The zero-order chi connectivity index (χ0) is 30.2. The van der Waals surface area contributed by atoms with Crippen molar-refractivity contribution < 1.29 is 0 Å². The van der Waals surface area contributed by atoms with Gasteiger partial charge in [-0.25, -0.2) is 9.97 Å². The zero-order valence-corrected chi connectivity index (χ0v) is 24.9. The molecular weight excluding hydrogens is 556 g/mol. The molecule has 10 aromatic rings. The summed E-state index contributed by atoms with van der Waals surface area (Å²) in [7, 11) is 0. The third-order valence-electron chi connectivity index (χ3n) is 9.56. The Labute approximate surface area is 265 Å². The first-order valence-corrected chi connectivity index (χ1v) is 15.8. The molecule has 2 heteroatoms. The molecule has 0 fully saturated rings. The Morgan fingerprint density at radius 2 is 0.826 bits per heavy atom. The molecule has 0 saturated carbocycles. The van der Waals surface area contributed by atoms with Crippen LogP contribution in [0.4, 0.5) is 0 Å². The molecule has 10 rings (SSSR count). The van der Waals surface area contributed by atoms with Gasteiger partial charge in [0.05, 0.1) is 22.4 Å². The second-order valence-electron chi connectivity index (χ2n) is 12.1. The van der Waals surface area contributed by atoms with Gasteiger partial charge >= 0.3 is 0 Å². The van der Waals surface area contributed by atoms with Crippen molar-refractivity contribution in [1.29, 1.82) is 0 Å². The SMILES string of the molecule is c1ccc(-c2nc3cc4cc(c5ccccc5c5ccc6c7ccccc7c7cccc4c7c6c5)c3nc2-c2ccccc2)cc1. The molecule has 212 valence electrons. The van der Waals surface area contributed by atoms with Gasteiger partial charge in [0, 0.05) is 16.5 Å². The maximum absolute atomic E-state index is 5.49. The van der Waals surface area contributed by atoms with Crippen LogP contribution in [0.25, 0.3) is 98.2 Å². The van der Waals surface area contributed by atoms with Crippen molar-refractivity contribution in [3.05, 3.63) is 158 Å². The molecule has 0 unspecified atom stereocenters. The highest BCUT2D eigenvalue weighted by Gasteiger charge is 2.17. The quantitative estimate of drug-likeness (QED) is 0.190. The first-order chi connectivity index (χ1) is 22.8. The average molecular weight is 583 g/mol.